The van der Waals surface area contributed by atoms with E-state index in [1.165, 1.54) is 12.1 Å². The molecule has 6 nitrogen and oxygen atoms in total. The zero-order valence-corrected chi connectivity index (χ0v) is 22.3. The number of benzene rings is 3. The van der Waals surface area contributed by atoms with Crippen molar-refractivity contribution in [3.05, 3.63) is 88.4 Å². The summed E-state index contributed by atoms with van der Waals surface area (Å²) >= 11 is 14.0. The number of rotatable bonds is 12. The van der Waals surface area contributed by atoms with Crippen molar-refractivity contribution in [1.29, 1.82) is 0 Å². The van der Waals surface area contributed by atoms with E-state index in [0.717, 1.165) is 9.87 Å². The normalized spacial score (nSPS) is 11.2. The Balaban J connectivity index is 1.63. The quantitative estimate of drug-likeness (QED) is 0.294. The van der Waals surface area contributed by atoms with Crippen LogP contribution >= 0.6 is 35.0 Å². The van der Waals surface area contributed by atoms with Crippen LogP contribution in [0.1, 0.15) is 12.5 Å². The van der Waals surface area contributed by atoms with E-state index in [4.69, 9.17) is 27.9 Å². The summed E-state index contributed by atoms with van der Waals surface area (Å²) in [6, 6.07) is 20.1. The van der Waals surface area contributed by atoms with E-state index in [0.29, 0.717) is 46.1 Å². The summed E-state index contributed by atoms with van der Waals surface area (Å²) in [6.07, 6.45) is 0. The lowest BCUT2D eigenvalue weighted by atomic mass is 10.2. The zero-order valence-electron chi connectivity index (χ0n) is 19.1. The van der Waals surface area contributed by atoms with Crippen molar-refractivity contribution in [3.8, 4) is 5.75 Å². The van der Waals surface area contributed by atoms with E-state index in [9.17, 15) is 13.2 Å². The SMILES string of the molecule is CCOc1ccc(S(=O)(=O)N(CC(=O)NCCSCc2c(Cl)cccc2Cl)c2ccccc2)cc1. The highest BCUT2D eigenvalue weighted by atomic mass is 35.5. The lowest BCUT2D eigenvalue weighted by molar-refractivity contribution is -0.119. The van der Waals surface area contributed by atoms with Crippen LogP contribution in [0.2, 0.25) is 10.0 Å². The number of hydrogen-bond donors (Lipinski definition) is 1. The molecule has 3 aromatic carbocycles. The summed E-state index contributed by atoms with van der Waals surface area (Å²) in [6.45, 7) is 2.36. The maximum Gasteiger partial charge on any atom is 0.264 e. The number of nitrogens with zero attached hydrogens (tertiary/aromatic N) is 1. The number of thioether (sulfide) groups is 1. The summed E-state index contributed by atoms with van der Waals surface area (Å²) in [4.78, 5) is 12.8. The Kier molecular flexibility index (Phi) is 10.2. The number of carbonyl (C=O) groups excluding carboxylic acids is 1. The molecule has 0 heterocycles. The fraction of sp³-hybridized carbons (Fsp3) is 0.240. The first kappa shape index (κ1) is 27.2. The summed E-state index contributed by atoms with van der Waals surface area (Å²) in [5.41, 5.74) is 1.25. The van der Waals surface area contributed by atoms with Gasteiger partial charge in [-0.3, -0.25) is 9.10 Å². The molecule has 0 saturated carbocycles. The second-order valence-electron chi connectivity index (χ2n) is 7.35. The molecule has 0 aliphatic rings. The highest BCUT2D eigenvalue weighted by Gasteiger charge is 2.27. The average molecular weight is 554 g/mol. The van der Waals surface area contributed by atoms with Crippen LogP contribution in [0.15, 0.2) is 77.7 Å². The smallest absolute Gasteiger partial charge is 0.264 e. The minimum Gasteiger partial charge on any atom is -0.494 e. The molecular weight excluding hydrogens is 527 g/mol. The third-order valence-electron chi connectivity index (χ3n) is 4.93. The van der Waals surface area contributed by atoms with Crippen molar-refractivity contribution >= 4 is 56.6 Å². The average Bonchev–Trinajstić information content (AvgIpc) is 2.85. The number of amides is 1. The molecule has 0 bridgehead atoms. The lowest BCUT2D eigenvalue weighted by Crippen LogP contribution is -2.41. The molecule has 0 atom stereocenters. The van der Waals surface area contributed by atoms with Gasteiger partial charge in [0, 0.05) is 28.1 Å². The Hall–Kier alpha value is -2.39. The van der Waals surface area contributed by atoms with Gasteiger partial charge in [0.25, 0.3) is 10.0 Å². The van der Waals surface area contributed by atoms with Gasteiger partial charge >= 0.3 is 0 Å². The zero-order chi connectivity index (χ0) is 25.3. The van der Waals surface area contributed by atoms with E-state index in [1.807, 2.05) is 6.92 Å². The Morgan fingerprint density at radius 1 is 0.971 bits per heavy atom. The summed E-state index contributed by atoms with van der Waals surface area (Å²) in [5, 5.41) is 4.00. The van der Waals surface area contributed by atoms with Crippen LogP contribution in [0.5, 0.6) is 5.75 Å². The lowest BCUT2D eigenvalue weighted by Gasteiger charge is -2.24. The fourth-order valence-corrected chi connectivity index (χ4v) is 6.22. The topological polar surface area (TPSA) is 75.7 Å². The molecule has 0 aliphatic heterocycles. The standard InChI is InChI=1S/C25H26Cl2N2O4S2/c1-2-33-20-11-13-21(14-12-20)35(31,32)29(19-7-4-3-5-8-19)17-25(30)28-15-16-34-18-22-23(26)9-6-10-24(22)27/h3-14H,2,15-18H2,1H3,(H,28,30). The van der Waals surface area contributed by atoms with E-state index in [-0.39, 0.29) is 11.4 Å². The molecule has 0 saturated heterocycles. The van der Waals surface area contributed by atoms with Crippen molar-refractivity contribution < 1.29 is 17.9 Å². The van der Waals surface area contributed by atoms with Crippen molar-refractivity contribution in [2.45, 2.75) is 17.6 Å². The molecule has 0 unspecified atom stereocenters. The first-order chi connectivity index (χ1) is 16.8. The molecule has 3 aromatic rings. The van der Waals surface area contributed by atoms with Gasteiger partial charge in [-0.15, -0.1) is 0 Å². The second-order valence-corrected chi connectivity index (χ2v) is 11.1. The van der Waals surface area contributed by atoms with Gasteiger partial charge in [-0.25, -0.2) is 8.42 Å². The third kappa shape index (κ3) is 7.54. The molecule has 0 spiro atoms. The van der Waals surface area contributed by atoms with Gasteiger partial charge in [-0.05, 0) is 61.0 Å². The molecule has 0 aliphatic carbocycles. The molecule has 1 N–H and O–H groups in total. The molecule has 186 valence electrons. The van der Waals surface area contributed by atoms with Crippen molar-refractivity contribution in [2.75, 3.05) is 29.8 Å². The predicted octanol–water partition coefficient (Wildman–Crippen LogP) is 5.64. The van der Waals surface area contributed by atoms with Gasteiger partial charge < -0.3 is 10.1 Å². The monoisotopic (exact) mass is 552 g/mol. The highest BCUT2D eigenvalue weighted by Crippen LogP contribution is 2.28. The Morgan fingerprint density at radius 3 is 2.26 bits per heavy atom. The molecule has 0 aromatic heterocycles. The number of para-hydroxylation sites is 1. The van der Waals surface area contributed by atoms with Crippen LogP contribution in [0.25, 0.3) is 0 Å². The fourth-order valence-electron chi connectivity index (χ4n) is 3.20. The van der Waals surface area contributed by atoms with E-state index >= 15 is 0 Å². The molecule has 0 fully saturated rings. The van der Waals surface area contributed by atoms with Crippen LogP contribution in [-0.4, -0.2) is 39.8 Å². The van der Waals surface area contributed by atoms with Crippen LogP contribution in [0.4, 0.5) is 5.69 Å². The summed E-state index contributed by atoms with van der Waals surface area (Å²) < 4.78 is 33.3. The maximum atomic E-state index is 13.4. The summed E-state index contributed by atoms with van der Waals surface area (Å²) in [5.74, 6) is 1.40. The summed E-state index contributed by atoms with van der Waals surface area (Å²) in [7, 11) is -3.98. The minimum absolute atomic E-state index is 0.0739. The molecule has 3 rings (SSSR count). The number of sulfonamides is 1. The largest absolute Gasteiger partial charge is 0.494 e. The Morgan fingerprint density at radius 2 is 1.63 bits per heavy atom. The van der Waals surface area contributed by atoms with Crippen molar-refractivity contribution in [1.82, 2.24) is 5.32 Å². The van der Waals surface area contributed by atoms with E-state index in [1.54, 1.807) is 72.4 Å². The van der Waals surface area contributed by atoms with E-state index < -0.39 is 15.9 Å². The van der Waals surface area contributed by atoms with Crippen LogP contribution in [0, 0.1) is 0 Å². The Bertz CT molecular complexity index is 1200. The van der Waals surface area contributed by atoms with E-state index in [2.05, 4.69) is 5.32 Å². The first-order valence-corrected chi connectivity index (χ1v) is 14.3. The van der Waals surface area contributed by atoms with Gasteiger partial charge in [0.05, 0.1) is 17.2 Å². The van der Waals surface area contributed by atoms with Crippen LogP contribution in [0.3, 0.4) is 0 Å². The molecule has 10 heteroatoms. The van der Waals surface area contributed by atoms with Gasteiger partial charge in [-0.2, -0.15) is 11.8 Å². The number of hydrogen-bond acceptors (Lipinski definition) is 5. The molecule has 1 amide bonds. The van der Waals surface area contributed by atoms with Gasteiger partial charge in [0.1, 0.15) is 12.3 Å². The molecule has 35 heavy (non-hydrogen) atoms. The number of carbonyl (C=O) groups is 1. The van der Waals surface area contributed by atoms with Crippen molar-refractivity contribution in [3.63, 3.8) is 0 Å². The Labute approximate surface area is 220 Å². The first-order valence-electron chi connectivity index (χ1n) is 10.9. The predicted molar refractivity (Wildman–Crippen MR) is 144 cm³/mol. The third-order valence-corrected chi connectivity index (χ3v) is 8.41. The number of ether oxygens (including phenoxy) is 1. The molecule has 0 radical (unpaired) electrons. The van der Waals surface area contributed by atoms with Crippen molar-refractivity contribution in [2.24, 2.45) is 0 Å². The number of halogens is 2. The van der Waals surface area contributed by atoms with Gasteiger partial charge in [0.15, 0.2) is 0 Å². The second kappa shape index (κ2) is 13.1. The van der Waals surface area contributed by atoms with Gasteiger partial charge in [0.2, 0.25) is 5.91 Å². The van der Waals surface area contributed by atoms with Gasteiger partial charge in [-0.1, -0.05) is 47.5 Å². The van der Waals surface area contributed by atoms with Crippen LogP contribution < -0.4 is 14.4 Å². The number of nitrogens with one attached hydrogen (secondary N) is 1. The van der Waals surface area contributed by atoms with Crippen LogP contribution in [-0.2, 0) is 20.6 Å². The maximum absolute atomic E-state index is 13.4. The number of anilines is 1. The molecular formula is C25H26Cl2N2O4S2. The highest BCUT2D eigenvalue weighted by molar-refractivity contribution is 7.98. The minimum atomic E-state index is -3.98.